The molecule has 1 aliphatic carbocycles. The number of hydrogen-bond acceptors (Lipinski definition) is 3. The van der Waals surface area contributed by atoms with Gasteiger partial charge in [-0.1, -0.05) is 25.0 Å². The fraction of sp³-hybridized carbons (Fsp3) is 0.800. The van der Waals surface area contributed by atoms with Crippen molar-refractivity contribution in [3.8, 4) is 0 Å². The lowest BCUT2D eigenvalue weighted by Gasteiger charge is -2.30. The maximum atomic E-state index is 12.8. The average Bonchev–Trinajstić information content (AvgIpc) is 3.39. The molecule has 0 radical (unpaired) electrons. The quantitative estimate of drug-likeness (QED) is 0.459. The third-order valence-corrected chi connectivity index (χ3v) is 6.11. The molecular formula is C20H35N5O. The third-order valence-electron chi connectivity index (χ3n) is 6.11. The highest BCUT2D eigenvalue weighted by molar-refractivity contribution is 5.84. The molecule has 1 N–H and O–H groups in total. The zero-order valence-corrected chi connectivity index (χ0v) is 16.7. The maximum Gasteiger partial charge on any atom is 0.230 e. The summed E-state index contributed by atoms with van der Waals surface area (Å²) in [5.41, 5.74) is -0.290. The summed E-state index contributed by atoms with van der Waals surface area (Å²) in [6.07, 6.45) is 9.92. The molecule has 3 aliphatic rings. The van der Waals surface area contributed by atoms with Crippen molar-refractivity contribution in [2.75, 3.05) is 53.4 Å². The Kier molecular flexibility index (Phi) is 6.22. The van der Waals surface area contributed by atoms with E-state index in [1.807, 2.05) is 14.1 Å². The van der Waals surface area contributed by atoms with Crippen LogP contribution in [0, 0.1) is 5.41 Å². The monoisotopic (exact) mass is 361 g/mol. The SMILES string of the molecule is CCNC(=NCC1(C(=O)N(C)C)CCCC1)N1CCC(N2CC=CC2)C1. The molecular weight excluding hydrogens is 326 g/mol. The normalized spacial score (nSPS) is 25.9. The summed E-state index contributed by atoms with van der Waals surface area (Å²) in [5, 5.41) is 3.46. The fourth-order valence-corrected chi connectivity index (χ4v) is 4.64. The zero-order valence-electron chi connectivity index (χ0n) is 16.7. The molecule has 2 aliphatic heterocycles. The number of hydrogen-bond donors (Lipinski definition) is 1. The highest BCUT2D eigenvalue weighted by Crippen LogP contribution is 2.39. The Balaban J connectivity index is 1.67. The molecule has 1 saturated heterocycles. The Morgan fingerprint density at radius 3 is 2.58 bits per heavy atom. The van der Waals surface area contributed by atoms with E-state index in [1.54, 1.807) is 4.90 Å². The van der Waals surface area contributed by atoms with Gasteiger partial charge in [0.05, 0.1) is 12.0 Å². The van der Waals surface area contributed by atoms with Crippen LogP contribution in [0.1, 0.15) is 39.0 Å². The third kappa shape index (κ3) is 4.05. The van der Waals surface area contributed by atoms with E-state index < -0.39 is 0 Å². The summed E-state index contributed by atoms with van der Waals surface area (Å²) >= 11 is 0. The smallest absolute Gasteiger partial charge is 0.230 e. The van der Waals surface area contributed by atoms with Crippen molar-refractivity contribution < 1.29 is 4.79 Å². The van der Waals surface area contributed by atoms with Gasteiger partial charge >= 0.3 is 0 Å². The first-order valence-corrected chi connectivity index (χ1v) is 10.2. The van der Waals surface area contributed by atoms with Crippen LogP contribution in [0.2, 0.25) is 0 Å². The van der Waals surface area contributed by atoms with Crippen molar-refractivity contribution in [1.29, 1.82) is 0 Å². The van der Waals surface area contributed by atoms with E-state index in [0.717, 1.165) is 64.4 Å². The van der Waals surface area contributed by atoms with Gasteiger partial charge in [0, 0.05) is 52.9 Å². The van der Waals surface area contributed by atoms with Crippen molar-refractivity contribution in [3.63, 3.8) is 0 Å². The first-order chi connectivity index (χ1) is 12.6. The van der Waals surface area contributed by atoms with Crippen LogP contribution in [0.25, 0.3) is 0 Å². The molecule has 6 heteroatoms. The van der Waals surface area contributed by atoms with Gasteiger partial charge in [0.1, 0.15) is 0 Å². The highest BCUT2D eigenvalue weighted by Gasteiger charge is 2.42. The fourth-order valence-electron chi connectivity index (χ4n) is 4.64. The topological polar surface area (TPSA) is 51.2 Å². The minimum Gasteiger partial charge on any atom is -0.357 e. The van der Waals surface area contributed by atoms with E-state index >= 15 is 0 Å². The predicted octanol–water partition coefficient (Wildman–Crippen LogP) is 1.55. The van der Waals surface area contributed by atoms with Gasteiger partial charge in [-0.05, 0) is 26.2 Å². The lowest BCUT2D eigenvalue weighted by atomic mass is 9.85. The number of nitrogens with zero attached hydrogens (tertiary/aromatic N) is 4. The van der Waals surface area contributed by atoms with Crippen LogP contribution in [0.3, 0.4) is 0 Å². The molecule has 0 aromatic rings. The molecule has 1 saturated carbocycles. The summed E-state index contributed by atoms with van der Waals surface area (Å²) in [7, 11) is 3.74. The molecule has 3 rings (SSSR count). The molecule has 26 heavy (non-hydrogen) atoms. The first-order valence-electron chi connectivity index (χ1n) is 10.2. The Hall–Kier alpha value is -1.56. The van der Waals surface area contributed by atoms with Crippen molar-refractivity contribution in [2.45, 2.75) is 45.1 Å². The summed E-state index contributed by atoms with van der Waals surface area (Å²) in [5.74, 6) is 1.23. The van der Waals surface area contributed by atoms with E-state index in [1.165, 1.54) is 6.42 Å². The number of guanidine groups is 1. The highest BCUT2D eigenvalue weighted by atomic mass is 16.2. The number of amides is 1. The van der Waals surface area contributed by atoms with Crippen molar-refractivity contribution in [2.24, 2.45) is 10.4 Å². The van der Waals surface area contributed by atoms with Crippen LogP contribution in [-0.4, -0.2) is 86.0 Å². The molecule has 1 unspecified atom stereocenters. The first kappa shape index (κ1) is 19.2. The molecule has 2 heterocycles. The molecule has 146 valence electrons. The maximum absolute atomic E-state index is 12.8. The van der Waals surface area contributed by atoms with Crippen LogP contribution in [-0.2, 0) is 4.79 Å². The van der Waals surface area contributed by atoms with Crippen molar-refractivity contribution in [1.82, 2.24) is 20.0 Å². The number of likely N-dealkylation sites (tertiary alicyclic amines) is 1. The predicted molar refractivity (Wildman–Crippen MR) is 106 cm³/mol. The number of rotatable bonds is 5. The van der Waals surface area contributed by atoms with Crippen molar-refractivity contribution >= 4 is 11.9 Å². The van der Waals surface area contributed by atoms with Gasteiger partial charge in [0.15, 0.2) is 5.96 Å². The second-order valence-electron chi connectivity index (χ2n) is 8.17. The second-order valence-corrected chi connectivity index (χ2v) is 8.17. The molecule has 0 aromatic heterocycles. The van der Waals surface area contributed by atoms with Crippen LogP contribution in [0.5, 0.6) is 0 Å². The molecule has 0 bridgehead atoms. The van der Waals surface area contributed by atoms with Crippen molar-refractivity contribution in [3.05, 3.63) is 12.2 Å². The van der Waals surface area contributed by atoms with Crippen LogP contribution < -0.4 is 5.32 Å². The lowest BCUT2D eigenvalue weighted by molar-refractivity contribution is -0.138. The van der Waals surface area contributed by atoms with E-state index in [4.69, 9.17) is 4.99 Å². The summed E-state index contributed by atoms with van der Waals surface area (Å²) < 4.78 is 0. The number of carbonyl (C=O) groups excluding carboxylic acids is 1. The Morgan fingerprint density at radius 2 is 1.96 bits per heavy atom. The second kappa shape index (κ2) is 8.42. The van der Waals surface area contributed by atoms with Gasteiger partial charge < -0.3 is 15.1 Å². The molecule has 6 nitrogen and oxygen atoms in total. The minimum absolute atomic E-state index is 0.247. The largest absolute Gasteiger partial charge is 0.357 e. The lowest BCUT2D eigenvalue weighted by Crippen LogP contribution is -2.45. The molecule has 2 fully saturated rings. The van der Waals surface area contributed by atoms with Gasteiger partial charge in [-0.25, -0.2) is 0 Å². The zero-order chi connectivity index (χ0) is 18.6. The number of aliphatic imine (C=N–C) groups is 1. The van der Waals surface area contributed by atoms with E-state index in [2.05, 4.69) is 34.2 Å². The van der Waals surface area contributed by atoms with E-state index in [9.17, 15) is 4.79 Å². The number of nitrogens with one attached hydrogen (secondary N) is 1. The molecule has 1 amide bonds. The molecule has 1 atom stereocenters. The summed E-state index contributed by atoms with van der Waals surface area (Å²) in [4.78, 5) is 24.4. The number of carbonyl (C=O) groups is 1. The van der Waals surface area contributed by atoms with E-state index in [-0.39, 0.29) is 11.3 Å². The van der Waals surface area contributed by atoms with E-state index in [0.29, 0.717) is 12.6 Å². The Labute approximate surface area is 158 Å². The van der Waals surface area contributed by atoms with Gasteiger partial charge in [-0.2, -0.15) is 0 Å². The summed E-state index contributed by atoms with van der Waals surface area (Å²) in [6.45, 7) is 7.81. The van der Waals surface area contributed by atoms with Crippen LogP contribution in [0.15, 0.2) is 17.1 Å². The van der Waals surface area contributed by atoms with Crippen LogP contribution >= 0.6 is 0 Å². The van der Waals surface area contributed by atoms with Gasteiger partial charge in [-0.3, -0.25) is 14.7 Å². The molecule has 0 aromatic carbocycles. The average molecular weight is 362 g/mol. The Morgan fingerprint density at radius 1 is 1.27 bits per heavy atom. The van der Waals surface area contributed by atoms with Gasteiger partial charge in [0.2, 0.25) is 5.91 Å². The molecule has 0 spiro atoms. The van der Waals surface area contributed by atoms with Gasteiger partial charge in [0.25, 0.3) is 0 Å². The minimum atomic E-state index is -0.290. The summed E-state index contributed by atoms with van der Waals surface area (Å²) in [6, 6.07) is 0.609. The Bertz CT molecular complexity index is 542. The van der Waals surface area contributed by atoms with Crippen LogP contribution in [0.4, 0.5) is 0 Å². The standard InChI is InChI=1S/C20H35N5O/c1-4-21-19(25-14-9-17(15-25)24-12-7-8-13-24)22-16-20(10-5-6-11-20)18(26)23(2)3/h7-8,17H,4-6,9-16H2,1-3H3,(H,21,22). The van der Waals surface area contributed by atoms with Gasteiger partial charge in [-0.15, -0.1) is 0 Å².